The van der Waals surface area contributed by atoms with E-state index in [0.717, 1.165) is 6.07 Å². The average molecular weight is 338 g/mol. The SMILES string of the molecule is NC(=O)c1ccc(C(=O)NCc2ccccc2OC(F)(F)F)cc1. The Kier molecular flexibility index (Phi) is 5.08. The van der Waals surface area contributed by atoms with Crippen LogP contribution in [0, 0.1) is 0 Å². The lowest BCUT2D eigenvalue weighted by atomic mass is 10.1. The Morgan fingerprint density at radius 3 is 2.17 bits per heavy atom. The second kappa shape index (κ2) is 7.03. The first kappa shape index (κ1) is 17.3. The summed E-state index contributed by atoms with van der Waals surface area (Å²) in [5.74, 6) is -1.51. The van der Waals surface area contributed by atoms with Crippen molar-refractivity contribution in [3.05, 3.63) is 65.2 Å². The van der Waals surface area contributed by atoms with Gasteiger partial charge in [-0.05, 0) is 30.3 Å². The number of carbonyl (C=O) groups excluding carboxylic acids is 2. The number of hydrogen-bond acceptors (Lipinski definition) is 3. The molecule has 5 nitrogen and oxygen atoms in total. The zero-order valence-electron chi connectivity index (χ0n) is 12.3. The molecule has 0 atom stereocenters. The predicted octanol–water partition coefficient (Wildman–Crippen LogP) is 2.61. The molecule has 2 rings (SSSR count). The number of ether oxygens (including phenoxy) is 1. The normalized spacial score (nSPS) is 11.0. The third kappa shape index (κ3) is 4.73. The van der Waals surface area contributed by atoms with Gasteiger partial charge in [-0.1, -0.05) is 18.2 Å². The first-order chi connectivity index (χ1) is 11.3. The van der Waals surface area contributed by atoms with E-state index in [1.165, 1.54) is 42.5 Å². The molecular weight excluding hydrogens is 325 g/mol. The lowest BCUT2D eigenvalue weighted by Crippen LogP contribution is -2.24. The van der Waals surface area contributed by atoms with Gasteiger partial charge in [0.25, 0.3) is 5.91 Å². The summed E-state index contributed by atoms with van der Waals surface area (Å²) in [6.45, 7) is -0.150. The highest BCUT2D eigenvalue weighted by molar-refractivity contribution is 5.97. The molecule has 2 amide bonds. The van der Waals surface area contributed by atoms with Crippen LogP contribution in [0.1, 0.15) is 26.3 Å². The summed E-state index contributed by atoms with van der Waals surface area (Å²) in [4.78, 5) is 23.0. The van der Waals surface area contributed by atoms with Crippen molar-refractivity contribution >= 4 is 11.8 Å². The van der Waals surface area contributed by atoms with Gasteiger partial charge < -0.3 is 15.8 Å². The monoisotopic (exact) mass is 338 g/mol. The van der Waals surface area contributed by atoms with Crippen LogP contribution in [0.4, 0.5) is 13.2 Å². The third-order valence-corrected chi connectivity index (χ3v) is 3.07. The molecule has 0 heterocycles. The Bertz CT molecular complexity index is 743. The number of nitrogens with one attached hydrogen (secondary N) is 1. The molecule has 2 aromatic carbocycles. The van der Waals surface area contributed by atoms with Crippen LogP contribution in [0.5, 0.6) is 5.75 Å². The maximum atomic E-state index is 12.3. The van der Waals surface area contributed by atoms with E-state index in [9.17, 15) is 22.8 Å². The maximum Gasteiger partial charge on any atom is 0.573 e. The van der Waals surface area contributed by atoms with Crippen LogP contribution in [0.25, 0.3) is 0 Å². The molecule has 3 N–H and O–H groups in total. The molecule has 0 aliphatic carbocycles. The van der Waals surface area contributed by atoms with Crippen LogP contribution in [0.3, 0.4) is 0 Å². The van der Waals surface area contributed by atoms with Crippen LogP contribution in [-0.2, 0) is 6.54 Å². The molecule has 0 saturated heterocycles. The Morgan fingerprint density at radius 1 is 1.00 bits per heavy atom. The van der Waals surface area contributed by atoms with E-state index in [1.807, 2.05) is 0 Å². The van der Waals surface area contributed by atoms with E-state index in [-0.39, 0.29) is 29.0 Å². The zero-order chi connectivity index (χ0) is 17.7. The van der Waals surface area contributed by atoms with Crippen molar-refractivity contribution in [3.63, 3.8) is 0 Å². The highest BCUT2D eigenvalue weighted by Gasteiger charge is 2.31. The van der Waals surface area contributed by atoms with Crippen molar-refractivity contribution in [2.24, 2.45) is 5.73 Å². The Balaban J connectivity index is 2.05. The first-order valence-electron chi connectivity index (χ1n) is 6.78. The second-order valence-electron chi connectivity index (χ2n) is 4.78. The van der Waals surface area contributed by atoms with Gasteiger partial charge in [-0.25, -0.2) is 0 Å². The molecule has 0 fully saturated rings. The molecule has 8 heteroatoms. The molecule has 0 aliphatic rings. The molecular formula is C16H13F3N2O3. The third-order valence-electron chi connectivity index (χ3n) is 3.07. The van der Waals surface area contributed by atoms with Gasteiger partial charge in [0.2, 0.25) is 5.91 Å². The van der Waals surface area contributed by atoms with Crippen molar-refractivity contribution in [3.8, 4) is 5.75 Å². The van der Waals surface area contributed by atoms with Crippen molar-refractivity contribution in [1.82, 2.24) is 5.32 Å². The van der Waals surface area contributed by atoms with Gasteiger partial charge in [-0.15, -0.1) is 13.2 Å². The van der Waals surface area contributed by atoms with Crippen molar-refractivity contribution in [2.45, 2.75) is 12.9 Å². The van der Waals surface area contributed by atoms with Gasteiger partial charge in [-0.3, -0.25) is 9.59 Å². The molecule has 0 aliphatic heterocycles. The zero-order valence-corrected chi connectivity index (χ0v) is 12.3. The Morgan fingerprint density at radius 2 is 1.58 bits per heavy atom. The lowest BCUT2D eigenvalue weighted by molar-refractivity contribution is -0.274. The summed E-state index contributed by atoms with van der Waals surface area (Å²) in [6, 6.07) is 11.1. The number of halogens is 3. The fraction of sp³-hybridized carbons (Fsp3) is 0.125. The standard InChI is InChI=1S/C16H13F3N2O3/c17-16(18,19)24-13-4-2-1-3-12(13)9-21-15(23)11-7-5-10(6-8-11)14(20)22/h1-8H,9H2,(H2,20,22)(H,21,23). The van der Waals surface area contributed by atoms with Crippen LogP contribution in [-0.4, -0.2) is 18.2 Å². The van der Waals surface area contributed by atoms with Crippen LogP contribution in [0.15, 0.2) is 48.5 Å². The summed E-state index contributed by atoms with van der Waals surface area (Å²) in [6.07, 6.45) is -4.81. The number of carbonyl (C=O) groups is 2. The number of amides is 2. The van der Waals surface area contributed by atoms with E-state index >= 15 is 0 Å². The second-order valence-corrected chi connectivity index (χ2v) is 4.78. The minimum atomic E-state index is -4.81. The summed E-state index contributed by atoms with van der Waals surface area (Å²) in [7, 11) is 0. The van der Waals surface area contributed by atoms with Crippen LogP contribution in [0.2, 0.25) is 0 Å². The van der Waals surface area contributed by atoms with Crippen molar-refractivity contribution < 1.29 is 27.5 Å². The number of hydrogen-bond donors (Lipinski definition) is 2. The molecule has 0 radical (unpaired) electrons. The molecule has 0 saturated carbocycles. The Hall–Kier alpha value is -3.03. The van der Waals surface area contributed by atoms with Crippen LogP contribution >= 0.6 is 0 Å². The molecule has 0 bridgehead atoms. The lowest BCUT2D eigenvalue weighted by Gasteiger charge is -2.13. The van der Waals surface area contributed by atoms with Crippen molar-refractivity contribution in [1.29, 1.82) is 0 Å². The number of primary amides is 1. The number of rotatable bonds is 5. The van der Waals surface area contributed by atoms with Gasteiger partial charge in [0, 0.05) is 23.2 Å². The largest absolute Gasteiger partial charge is 0.573 e. The fourth-order valence-corrected chi connectivity index (χ4v) is 1.94. The van der Waals surface area contributed by atoms with E-state index in [0.29, 0.717) is 0 Å². The van der Waals surface area contributed by atoms with Crippen LogP contribution < -0.4 is 15.8 Å². The minimum absolute atomic E-state index is 0.150. The van der Waals surface area contributed by atoms with E-state index in [1.54, 1.807) is 0 Å². The number of alkyl halides is 3. The fourth-order valence-electron chi connectivity index (χ4n) is 1.94. The smallest absolute Gasteiger partial charge is 0.405 e. The maximum absolute atomic E-state index is 12.3. The minimum Gasteiger partial charge on any atom is -0.405 e. The highest BCUT2D eigenvalue weighted by atomic mass is 19.4. The quantitative estimate of drug-likeness (QED) is 0.879. The topological polar surface area (TPSA) is 81.4 Å². The summed E-state index contributed by atoms with van der Waals surface area (Å²) in [5.41, 5.74) is 5.76. The molecule has 126 valence electrons. The van der Waals surface area contributed by atoms with E-state index < -0.39 is 18.2 Å². The van der Waals surface area contributed by atoms with Gasteiger partial charge in [-0.2, -0.15) is 0 Å². The number of nitrogens with two attached hydrogens (primary N) is 1. The summed E-state index contributed by atoms with van der Waals surface area (Å²) >= 11 is 0. The summed E-state index contributed by atoms with van der Waals surface area (Å²) in [5, 5.41) is 2.49. The summed E-state index contributed by atoms with van der Waals surface area (Å²) < 4.78 is 40.9. The van der Waals surface area contributed by atoms with Gasteiger partial charge in [0.1, 0.15) is 5.75 Å². The number of para-hydroxylation sites is 1. The van der Waals surface area contributed by atoms with Gasteiger partial charge in [0.15, 0.2) is 0 Å². The molecule has 0 aromatic heterocycles. The average Bonchev–Trinajstić information content (AvgIpc) is 2.52. The highest BCUT2D eigenvalue weighted by Crippen LogP contribution is 2.26. The molecule has 0 spiro atoms. The van der Waals surface area contributed by atoms with Gasteiger partial charge >= 0.3 is 6.36 Å². The van der Waals surface area contributed by atoms with E-state index in [4.69, 9.17) is 5.73 Å². The Labute approximate surface area is 135 Å². The molecule has 24 heavy (non-hydrogen) atoms. The molecule has 0 unspecified atom stereocenters. The number of benzene rings is 2. The van der Waals surface area contributed by atoms with Crippen molar-refractivity contribution in [2.75, 3.05) is 0 Å². The van der Waals surface area contributed by atoms with Gasteiger partial charge in [0.05, 0.1) is 0 Å². The predicted molar refractivity (Wildman–Crippen MR) is 79.3 cm³/mol. The van der Waals surface area contributed by atoms with E-state index in [2.05, 4.69) is 10.1 Å². The molecule has 2 aromatic rings. The first-order valence-corrected chi connectivity index (χ1v) is 6.78.